The molecule has 2 aromatic carbocycles. The van der Waals surface area contributed by atoms with Crippen LogP contribution in [-0.4, -0.2) is 18.2 Å². The highest BCUT2D eigenvalue weighted by Crippen LogP contribution is 2.21. The molecule has 1 amide bonds. The summed E-state index contributed by atoms with van der Waals surface area (Å²) in [6.45, 7) is 0. The van der Waals surface area contributed by atoms with Gasteiger partial charge in [-0.2, -0.15) is 0 Å². The van der Waals surface area contributed by atoms with Crippen molar-refractivity contribution in [2.24, 2.45) is 0 Å². The molecule has 1 N–H and O–H groups in total. The Morgan fingerprint density at radius 3 is 2.61 bits per heavy atom. The van der Waals surface area contributed by atoms with Crippen molar-refractivity contribution in [2.75, 3.05) is 12.4 Å². The van der Waals surface area contributed by atoms with E-state index < -0.39 is 18.0 Å². The molecule has 1 aromatic heterocycles. The summed E-state index contributed by atoms with van der Waals surface area (Å²) in [6.07, 6.45) is 3.76. The zero-order chi connectivity index (χ0) is 19.8. The molecule has 0 aliphatic carbocycles. The van der Waals surface area contributed by atoms with Crippen LogP contribution in [0, 0.1) is 5.82 Å². The van der Waals surface area contributed by atoms with Crippen LogP contribution in [0.3, 0.4) is 0 Å². The van der Waals surface area contributed by atoms with Crippen molar-refractivity contribution in [1.82, 2.24) is 4.98 Å². The number of rotatable bonds is 6. The summed E-state index contributed by atoms with van der Waals surface area (Å²) in [5.74, 6) is 0.308. The minimum atomic E-state index is -0.711. The van der Waals surface area contributed by atoms with E-state index in [2.05, 4.69) is 10.3 Å². The Kier molecular flexibility index (Phi) is 6.36. The highest BCUT2D eigenvalue weighted by Gasteiger charge is 2.15. The van der Waals surface area contributed by atoms with Gasteiger partial charge in [-0.15, -0.1) is 0 Å². The molecule has 0 aliphatic rings. The number of methoxy groups -OCH3 is 1. The van der Waals surface area contributed by atoms with Crippen LogP contribution in [0.1, 0.15) is 17.4 Å². The van der Waals surface area contributed by atoms with E-state index in [1.54, 1.807) is 37.6 Å². The number of aromatic nitrogens is 1. The number of halogens is 1. The van der Waals surface area contributed by atoms with Crippen LogP contribution in [0.4, 0.5) is 14.9 Å². The van der Waals surface area contributed by atoms with E-state index in [-0.39, 0.29) is 0 Å². The highest BCUT2D eigenvalue weighted by atomic mass is 19.1. The van der Waals surface area contributed by atoms with Crippen molar-refractivity contribution in [3.8, 4) is 5.75 Å². The Hall–Kier alpha value is -3.67. The molecule has 142 valence electrons. The first-order valence-electron chi connectivity index (χ1n) is 8.60. The predicted octanol–water partition coefficient (Wildman–Crippen LogP) is 5.23. The van der Waals surface area contributed by atoms with E-state index in [0.717, 1.165) is 11.3 Å². The molecule has 0 bridgehead atoms. The summed E-state index contributed by atoms with van der Waals surface area (Å²) in [5, 5.41) is 2.52. The van der Waals surface area contributed by atoms with Crippen LogP contribution >= 0.6 is 0 Å². The standard InChI is InChI=1S/C22H19FN2O3/c1-27-19-11-8-16(9-12-19)10-13-21(20-7-2-3-14-24-20)28-22(26)25-18-6-4-5-17(23)15-18/h2-15,21H,1H3,(H,25,26). The third-order valence-corrected chi connectivity index (χ3v) is 3.86. The first-order valence-corrected chi connectivity index (χ1v) is 8.60. The second kappa shape index (κ2) is 9.32. The van der Waals surface area contributed by atoms with Gasteiger partial charge in [0.1, 0.15) is 11.6 Å². The molecule has 0 saturated carbocycles. The number of benzene rings is 2. The number of ether oxygens (including phenoxy) is 2. The van der Waals surface area contributed by atoms with Crippen LogP contribution < -0.4 is 10.1 Å². The number of pyridine rings is 1. The number of amides is 1. The maximum Gasteiger partial charge on any atom is 0.412 e. The maximum atomic E-state index is 13.3. The van der Waals surface area contributed by atoms with Gasteiger partial charge in [-0.3, -0.25) is 10.3 Å². The molecular weight excluding hydrogens is 359 g/mol. The van der Waals surface area contributed by atoms with Gasteiger partial charge in [-0.05, 0) is 54.1 Å². The fourth-order valence-electron chi connectivity index (χ4n) is 2.48. The summed E-state index contributed by atoms with van der Waals surface area (Å²) in [5.41, 5.74) is 1.79. The Labute approximate surface area is 162 Å². The van der Waals surface area contributed by atoms with Gasteiger partial charge >= 0.3 is 6.09 Å². The van der Waals surface area contributed by atoms with Crippen LogP contribution in [0.2, 0.25) is 0 Å². The van der Waals surface area contributed by atoms with Crippen molar-refractivity contribution in [3.63, 3.8) is 0 Å². The molecule has 1 unspecified atom stereocenters. The fourth-order valence-corrected chi connectivity index (χ4v) is 2.48. The van der Waals surface area contributed by atoms with Crippen LogP contribution in [0.5, 0.6) is 5.75 Å². The lowest BCUT2D eigenvalue weighted by atomic mass is 10.1. The first kappa shape index (κ1) is 19.1. The predicted molar refractivity (Wildman–Crippen MR) is 106 cm³/mol. The average Bonchev–Trinajstić information content (AvgIpc) is 2.72. The Morgan fingerprint density at radius 1 is 1.11 bits per heavy atom. The molecule has 1 atom stereocenters. The van der Waals surface area contributed by atoms with E-state index in [4.69, 9.17) is 9.47 Å². The monoisotopic (exact) mass is 378 g/mol. The van der Waals surface area contributed by atoms with Crippen LogP contribution in [0.15, 0.2) is 79.0 Å². The molecule has 3 rings (SSSR count). The van der Waals surface area contributed by atoms with Gasteiger partial charge in [0.15, 0.2) is 6.10 Å². The molecular formula is C22H19FN2O3. The zero-order valence-electron chi connectivity index (χ0n) is 15.2. The number of hydrogen-bond acceptors (Lipinski definition) is 4. The van der Waals surface area contributed by atoms with E-state index in [9.17, 15) is 9.18 Å². The number of nitrogens with zero attached hydrogens (tertiary/aromatic N) is 1. The van der Waals surface area contributed by atoms with E-state index in [1.807, 2.05) is 36.4 Å². The Morgan fingerprint density at radius 2 is 1.93 bits per heavy atom. The summed E-state index contributed by atoms with van der Waals surface area (Å²) in [4.78, 5) is 16.5. The summed E-state index contributed by atoms with van der Waals surface area (Å²) in [7, 11) is 1.60. The van der Waals surface area contributed by atoms with Crippen LogP contribution in [-0.2, 0) is 4.74 Å². The summed E-state index contributed by atoms with van der Waals surface area (Å²) >= 11 is 0. The first-order chi connectivity index (χ1) is 13.6. The topological polar surface area (TPSA) is 60.5 Å². The highest BCUT2D eigenvalue weighted by molar-refractivity contribution is 5.84. The van der Waals surface area contributed by atoms with Crippen molar-refractivity contribution in [1.29, 1.82) is 0 Å². The van der Waals surface area contributed by atoms with Gasteiger partial charge in [0, 0.05) is 11.9 Å². The molecule has 0 aliphatic heterocycles. The van der Waals surface area contributed by atoms with Gasteiger partial charge in [0.25, 0.3) is 0 Å². The van der Waals surface area contributed by atoms with E-state index in [1.165, 1.54) is 18.2 Å². The number of hydrogen-bond donors (Lipinski definition) is 1. The molecule has 3 aromatic rings. The molecule has 28 heavy (non-hydrogen) atoms. The summed E-state index contributed by atoms with van der Waals surface area (Å²) < 4.78 is 23.9. The maximum absolute atomic E-state index is 13.3. The third kappa shape index (κ3) is 5.41. The lowest BCUT2D eigenvalue weighted by Crippen LogP contribution is -2.17. The lowest BCUT2D eigenvalue weighted by Gasteiger charge is -2.15. The number of carbonyl (C=O) groups excluding carboxylic acids is 1. The normalized spacial score (nSPS) is 11.8. The number of anilines is 1. The fraction of sp³-hybridized carbons (Fsp3) is 0.0909. The van der Waals surface area contributed by atoms with Gasteiger partial charge in [-0.25, -0.2) is 9.18 Å². The van der Waals surface area contributed by atoms with E-state index in [0.29, 0.717) is 11.4 Å². The summed E-state index contributed by atoms with van der Waals surface area (Å²) in [6, 6.07) is 18.4. The molecule has 1 heterocycles. The average molecular weight is 378 g/mol. The van der Waals surface area contributed by atoms with Crippen molar-refractivity contribution >= 4 is 17.9 Å². The van der Waals surface area contributed by atoms with Gasteiger partial charge in [-0.1, -0.05) is 30.3 Å². The molecule has 0 radical (unpaired) electrons. The minimum Gasteiger partial charge on any atom is -0.497 e. The van der Waals surface area contributed by atoms with E-state index >= 15 is 0 Å². The Balaban J connectivity index is 1.75. The molecule has 0 spiro atoms. The zero-order valence-corrected chi connectivity index (χ0v) is 15.2. The number of carbonyl (C=O) groups is 1. The second-order valence-corrected chi connectivity index (χ2v) is 5.85. The minimum absolute atomic E-state index is 0.309. The van der Waals surface area contributed by atoms with Crippen molar-refractivity contribution in [3.05, 3.63) is 96.1 Å². The smallest absolute Gasteiger partial charge is 0.412 e. The molecule has 0 saturated heterocycles. The van der Waals surface area contributed by atoms with Gasteiger partial charge < -0.3 is 9.47 Å². The lowest BCUT2D eigenvalue weighted by molar-refractivity contribution is 0.133. The van der Waals surface area contributed by atoms with Gasteiger partial charge in [0.2, 0.25) is 0 Å². The quantitative estimate of drug-likeness (QED) is 0.638. The number of nitrogens with one attached hydrogen (secondary N) is 1. The van der Waals surface area contributed by atoms with Crippen molar-refractivity contribution in [2.45, 2.75) is 6.10 Å². The molecule has 0 fully saturated rings. The largest absolute Gasteiger partial charge is 0.497 e. The van der Waals surface area contributed by atoms with Crippen molar-refractivity contribution < 1.29 is 18.7 Å². The van der Waals surface area contributed by atoms with Gasteiger partial charge in [0.05, 0.1) is 12.8 Å². The third-order valence-electron chi connectivity index (χ3n) is 3.86. The molecule has 5 nitrogen and oxygen atoms in total. The SMILES string of the molecule is COc1ccc(C=CC(OC(=O)Nc2cccc(F)c2)c2ccccn2)cc1. The Bertz CT molecular complexity index is 944. The second-order valence-electron chi connectivity index (χ2n) is 5.85. The van der Waals surface area contributed by atoms with Crippen LogP contribution in [0.25, 0.3) is 6.08 Å². The molecule has 6 heteroatoms.